The van der Waals surface area contributed by atoms with E-state index in [1.807, 2.05) is 6.92 Å². The highest BCUT2D eigenvalue weighted by Gasteiger charge is 2.21. The lowest BCUT2D eigenvalue weighted by molar-refractivity contribution is -0.384. The zero-order valence-electron chi connectivity index (χ0n) is 11.5. The lowest BCUT2D eigenvalue weighted by Gasteiger charge is -2.09. The summed E-state index contributed by atoms with van der Waals surface area (Å²) in [7, 11) is 0. The average molecular weight is 292 g/mol. The van der Waals surface area contributed by atoms with Crippen molar-refractivity contribution in [3.05, 3.63) is 40.8 Å². The molecule has 0 unspecified atom stereocenters. The Balaban J connectivity index is 2.24. The van der Waals surface area contributed by atoms with Crippen LogP contribution < -0.4 is 0 Å². The molecule has 0 aromatic carbocycles. The van der Waals surface area contributed by atoms with Crippen molar-refractivity contribution in [2.75, 3.05) is 13.2 Å². The van der Waals surface area contributed by atoms with Gasteiger partial charge in [0.25, 0.3) is 0 Å². The number of aliphatic hydroxyl groups is 1. The molecular weight excluding hydrogens is 276 g/mol. The first-order chi connectivity index (χ1) is 10.1. The van der Waals surface area contributed by atoms with Crippen LogP contribution in [0.1, 0.15) is 6.92 Å². The molecule has 2 aromatic rings. The number of nitro groups is 1. The van der Waals surface area contributed by atoms with E-state index in [1.165, 1.54) is 10.9 Å². The minimum Gasteiger partial charge on any atom is -0.389 e. The number of pyridine rings is 1. The zero-order valence-corrected chi connectivity index (χ0v) is 11.5. The van der Waals surface area contributed by atoms with E-state index in [4.69, 9.17) is 4.74 Å². The molecule has 0 bridgehead atoms. The summed E-state index contributed by atoms with van der Waals surface area (Å²) in [5.74, 6) is 0. The van der Waals surface area contributed by atoms with Gasteiger partial charge >= 0.3 is 5.69 Å². The van der Waals surface area contributed by atoms with E-state index >= 15 is 0 Å². The lowest BCUT2D eigenvalue weighted by Crippen LogP contribution is -2.22. The van der Waals surface area contributed by atoms with Crippen LogP contribution in [0, 0.1) is 10.1 Å². The first-order valence-corrected chi connectivity index (χ1v) is 6.50. The molecule has 8 nitrogen and oxygen atoms in total. The maximum Gasteiger partial charge on any atom is 0.314 e. The van der Waals surface area contributed by atoms with Crippen LogP contribution in [-0.2, 0) is 11.3 Å². The van der Waals surface area contributed by atoms with Crippen LogP contribution >= 0.6 is 0 Å². The number of rotatable bonds is 7. The van der Waals surface area contributed by atoms with Gasteiger partial charge in [0.1, 0.15) is 6.20 Å². The third-order valence-electron chi connectivity index (χ3n) is 2.80. The second-order valence-corrected chi connectivity index (χ2v) is 4.39. The Kier molecular flexibility index (Phi) is 4.96. The van der Waals surface area contributed by atoms with Crippen molar-refractivity contribution in [1.29, 1.82) is 0 Å². The largest absolute Gasteiger partial charge is 0.389 e. The van der Waals surface area contributed by atoms with Gasteiger partial charge in [-0.1, -0.05) is 0 Å². The van der Waals surface area contributed by atoms with Gasteiger partial charge in [-0.25, -0.2) is 0 Å². The quantitative estimate of drug-likeness (QED) is 0.608. The second kappa shape index (κ2) is 6.91. The third kappa shape index (κ3) is 3.83. The molecular formula is C13H16N4O4. The molecule has 0 aliphatic rings. The fourth-order valence-corrected chi connectivity index (χ4v) is 1.88. The smallest absolute Gasteiger partial charge is 0.314 e. The molecule has 0 aliphatic heterocycles. The van der Waals surface area contributed by atoms with Crippen molar-refractivity contribution >= 4 is 5.69 Å². The molecule has 0 spiro atoms. The molecule has 1 atom stereocenters. The van der Waals surface area contributed by atoms with Crippen molar-refractivity contribution in [1.82, 2.24) is 14.8 Å². The van der Waals surface area contributed by atoms with Gasteiger partial charge in [0.15, 0.2) is 5.69 Å². The Labute approximate surface area is 121 Å². The number of hydrogen-bond acceptors (Lipinski definition) is 6. The minimum absolute atomic E-state index is 0.107. The van der Waals surface area contributed by atoms with Gasteiger partial charge in [-0.3, -0.25) is 19.8 Å². The highest BCUT2D eigenvalue weighted by Crippen LogP contribution is 2.27. The molecule has 0 fully saturated rings. The van der Waals surface area contributed by atoms with E-state index in [1.54, 1.807) is 24.5 Å². The normalized spacial score (nSPS) is 12.3. The Morgan fingerprint density at radius 2 is 2.19 bits per heavy atom. The van der Waals surface area contributed by atoms with Gasteiger partial charge in [-0.2, -0.15) is 5.10 Å². The van der Waals surface area contributed by atoms with Gasteiger partial charge in [0, 0.05) is 24.6 Å². The Hall–Kier alpha value is -2.32. The molecule has 0 aliphatic carbocycles. The predicted molar refractivity (Wildman–Crippen MR) is 74.6 cm³/mol. The Bertz CT molecular complexity index is 599. The molecule has 112 valence electrons. The monoisotopic (exact) mass is 292 g/mol. The summed E-state index contributed by atoms with van der Waals surface area (Å²) in [5, 5.41) is 25.1. The van der Waals surface area contributed by atoms with E-state index in [0.29, 0.717) is 12.2 Å². The van der Waals surface area contributed by atoms with Crippen LogP contribution in [0.3, 0.4) is 0 Å². The summed E-state index contributed by atoms with van der Waals surface area (Å²) < 4.78 is 6.46. The van der Waals surface area contributed by atoms with E-state index in [0.717, 1.165) is 0 Å². The van der Waals surface area contributed by atoms with Crippen LogP contribution in [0.25, 0.3) is 11.3 Å². The number of ether oxygens (including phenoxy) is 1. The van der Waals surface area contributed by atoms with Crippen LogP contribution in [0.15, 0.2) is 30.7 Å². The second-order valence-electron chi connectivity index (χ2n) is 4.39. The molecule has 0 saturated carbocycles. The summed E-state index contributed by atoms with van der Waals surface area (Å²) in [6.07, 6.45) is 3.63. The molecule has 1 N–H and O–H groups in total. The molecule has 0 amide bonds. The zero-order chi connectivity index (χ0) is 15.2. The van der Waals surface area contributed by atoms with Gasteiger partial charge in [-0.05, 0) is 19.1 Å². The standard InChI is InChI=1S/C13H16N4O4/c1-2-21-9-11(18)7-16-8-12(17(19)20)13(15-16)10-3-5-14-6-4-10/h3-6,8,11,18H,2,7,9H2,1H3/t11-/m1/s1. The fourth-order valence-electron chi connectivity index (χ4n) is 1.88. The minimum atomic E-state index is -0.769. The Morgan fingerprint density at radius 3 is 2.81 bits per heavy atom. The van der Waals surface area contributed by atoms with Crippen molar-refractivity contribution in [3.63, 3.8) is 0 Å². The number of nitrogens with zero attached hydrogens (tertiary/aromatic N) is 4. The van der Waals surface area contributed by atoms with Crippen LogP contribution in [0.4, 0.5) is 5.69 Å². The van der Waals surface area contributed by atoms with Crippen LogP contribution in [0.2, 0.25) is 0 Å². The van der Waals surface area contributed by atoms with Crippen LogP contribution in [0.5, 0.6) is 0 Å². The maximum absolute atomic E-state index is 11.1. The van der Waals surface area contributed by atoms with Crippen LogP contribution in [-0.4, -0.2) is 44.1 Å². The average Bonchev–Trinajstić information content (AvgIpc) is 2.90. The van der Waals surface area contributed by atoms with E-state index in [2.05, 4.69) is 10.1 Å². The highest BCUT2D eigenvalue weighted by molar-refractivity contribution is 5.68. The maximum atomic E-state index is 11.1. The number of hydrogen-bond donors (Lipinski definition) is 1. The van der Waals surface area contributed by atoms with Crippen molar-refractivity contribution < 1.29 is 14.8 Å². The number of aromatic nitrogens is 3. The third-order valence-corrected chi connectivity index (χ3v) is 2.80. The predicted octanol–water partition coefficient (Wildman–Crippen LogP) is 1.25. The summed E-state index contributed by atoms with van der Waals surface area (Å²) in [6, 6.07) is 3.30. The lowest BCUT2D eigenvalue weighted by atomic mass is 10.2. The summed E-state index contributed by atoms with van der Waals surface area (Å²) in [4.78, 5) is 14.5. The van der Waals surface area contributed by atoms with Gasteiger partial charge in [0.05, 0.1) is 24.2 Å². The van der Waals surface area contributed by atoms with Gasteiger partial charge in [-0.15, -0.1) is 0 Å². The van der Waals surface area contributed by atoms with Gasteiger partial charge < -0.3 is 9.84 Å². The van der Waals surface area contributed by atoms with Crippen molar-refractivity contribution in [3.8, 4) is 11.3 Å². The molecule has 2 rings (SSSR count). The topological polar surface area (TPSA) is 103 Å². The summed E-state index contributed by atoms with van der Waals surface area (Å²) in [6.45, 7) is 2.62. The van der Waals surface area contributed by atoms with E-state index in [9.17, 15) is 15.2 Å². The highest BCUT2D eigenvalue weighted by atomic mass is 16.6. The molecule has 0 radical (unpaired) electrons. The SMILES string of the molecule is CCOC[C@H](O)Cn1cc([N+](=O)[O-])c(-c2ccncc2)n1. The fraction of sp³-hybridized carbons (Fsp3) is 0.385. The summed E-state index contributed by atoms with van der Waals surface area (Å²) in [5.41, 5.74) is 0.755. The van der Waals surface area contributed by atoms with Gasteiger partial charge in [0.2, 0.25) is 0 Å². The Morgan fingerprint density at radius 1 is 1.48 bits per heavy atom. The molecule has 2 aromatic heterocycles. The van der Waals surface area contributed by atoms with E-state index < -0.39 is 11.0 Å². The van der Waals surface area contributed by atoms with E-state index in [-0.39, 0.29) is 24.5 Å². The number of aliphatic hydroxyl groups excluding tert-OH is 1. The van der Waals surface area contributed by atoms with Crippen molar-refractivity contribution in [2.24, 2.45) is 0 Å². The molecule has 21 heavy (non-hydrogen) atoms. The molecule has 0 saturated heterocycles. The first-order valence-electron chi connectivity index (χ1n) is 6.50. The first kappa shape index (κ1) is 15.1. The van der Waals surface area contributed by atoms with Crippen molar-refractivity contribution in [2.45, 2.75) is 19.6 Å². The summed E-state index contributed by atoms with van der Waals surface area (Å²) >= 11 is 0. The molecule has 8 heteroatoms. The molecule has 2 heterocycles.